The number of piperidine rings is 1. The van der Waals surface area contributed by atoms with Crippen molar-refractivity contribution < 1.29 is 19.5 Å². The van der Waals surface area contributed by atoms with Crippen molar-refractivity contribution in [2.24, 2.45) is 0 Å². The molecule has 0 bridgehead atoms. The zero-order chi connectivity index (χ0) is 24.2. The molecule has 34 heavy (non-hydrogen) atoms. The molecule has 0 saturated carbocycles. The van der Waals surface area contributed by atoms with Gasteiger partial charge in [-0.15, -0.1) is 0 Å². The highest BCUT2D eigenvalue weighted by atomic mass is 16.4. The summed E-state index contributed by atoms with van der Waals surface area (Å²) in [4.78, 5) is 58.3. The van der Waals surface area contributed by atoms with Gasteiger partial charge in [0.2, 0.25) is 5.43 Å². The molecular formula is C25H26N4O5. The van der Waals surface area contributed by atoms with E-state index < -0.39 is 17.4 Å². The van der Waals surface area contributed by atoms with Crippen LogP contribution >= 0.6 is 0 Å². The molecule has 2 aromatic heterocycles. The van der Waals surface area contributed by atoms with E-state index in [9.17, 15) is 19.2 Å². The Hall–Kier alpha value is -4.01. The minimum atomic E-state index is -1.32. The number of ketones is 1. The van der Waals surface area contributed by atoms with Crippen molar-refractivity contribution in [3.8, 4) is 0 Å². The molecule has 176 valence electrons. The number of Topliss-reactive ketones (excluding diaryl/α,β-unsaturated/α-hetero) is 1. The van der Waals surface area contributed by atoms with Crippen LogP contribution in [0.3, 0.4) is 0 Å². The summed E-state index contributed by atoms with van der Waals surface area (Å²) in [7, 11) is 0. The normalized spacial score (nSPS) is 14.6. The van der Waals surface area contributed by atoms with Gasteiger partial charge in [0.15, 0.2) is 5.78 Å². The van der Waals surface area contributed by atoms with Crippen LogP contribution in [0.15, 0.2) is 47.5 Å². The van der Waals surface area contributed by atoms with Gasteiger partial charge >= 0.3 is 5.97 Å². The summed E-state index contributed by atoms with van der Waals surface area (Å²) in [5.41, 5.74) is 0.431. The molecule has 4 rings (SSSR count). The lowest BCUT2D eigenvalue weighted by Gasteiger charge is -2.27. The molecular weight excluding hydrogens is 436 g/mol. The fourth-order valence-electron chi connectivity index (χ4n) is 4.08. The number of carboxylic acids is 1. The first-order chi connectivity index (χ1) is 16.3. The molecule has 9 heteroatoms. The summed E-state index contributed by atoms with van der Waals surface area (Å²) in [6.45, 7) is 3.52. The molecule has 3 aromatic rings. The lowest BCUT2D eigenvalue weighted by Crippen LogP contribution is -2.39. The second-order valence-electron chi connectivity index (χ2n) is 8.51. The smallest absolute Gasteiger partial charge is 0.341 e. The first-order valence-corrected chi connectivity index (χ1v) is 11.3. The van der Waals surface area contributed by atoms with Gasteiger partial charge in [0.05, 0.1) is 11.6 Å². The van der Waals surface area contributed by atoms with Gasteiger partial charge in [-0.3, -0.25) is 14.4 Å². The van der Waals surface area contributed by atoms with Gasteiger partial charge in [0.1, 0.15) is 11.4 Å². The fourth-order valence-corrected chi connectivity index (χ4v) is 4.08. The maximum Gasteiger partial charge on any atom is 0.341 e. The first-order valence-electron chi connectivity index (χ1n) is 11.3. The third-order valence-electron chi connectivity index (χ3n) is 6.07. The Labute approximate surface area is 195 Å². The van der Waals surface area contributed by atoms with E-state index in [1.807, 2.05) is 6.07 Å². The highest BCUT2D eigenvalue weighted by Crippen LogP contribution is 2.18. The van der Waals surface area contributed by atoms with Crippen molar-refractivity contribution in [2.45, 2.75) is 38.6 Å². The zero-order valence-electron chi connectivity index (χ0n) is 18.8. The number of aromatic carboxylic acids is 1. The number of nitrogens with zero attached hydrogens (tertiary/aromatic N) is 2. The molecule has 1 amide bonds. The summed E-state index contributed by atoms with van der Waals surface area (Å²) >= 11 is 0. The van der Waals surface area contributed by atoms with Gasteiger partial charge in [0, 0.05) is 42.8 Å². The maximum absolute atomic E-state index is 12.7. The standard InChI is InChI=1S/C25H26N4O5/c1-15(28-24(32)17-6-8-22(27-13-17)29-9-3-2-4-10-29)21(30)12-16-5-7-20-18(11-16)23(31)19(14-26-20)25(33)34/h5-8,11,13-15H,2-4,9-10,12H2,1H3,(H,26,31)(H,28,32)(H,33,34)/t15-/m0/s1. The van der Waals surface area contributed by atoms with E-state index in [1.165, 1.54) is 18.7 Å². The molecule has 9 nitrogen and oxygen atoms in total. The number of anilines is 1. The Kier molecular flexibility index (Phi) is 6.72. The van der Waals surface area contributed by atoms with E-state index in [1.54, 1.807) is 25.1 Å². The molecule has 1 saturated heterocycles. The quantitative estimate of drug-likeness (QED) is 0.491. The minimum Gasteiger partial charge on any atom is -0.477 e. The van der Waals surface area contributed by atoms with Crippen molar-refractivity contribution in [1.29, 1.82) is 0 Å². The Morgan fingerprint density at radius 1 is 1.15 bits per heavy atom. The van der Waals surface area contributed by atoms with E-state index in [0.717, 1.165) is 37.9 Å². The Bertz CT molecular complexity index is 1290. The number of carboxylic acid groups (broad SMARTS) is 1. The number of pyridine rings is 2. The van der Waals surface area contributed by atoms with E-state index in [-0.39, 0.29) is 29.1 Å². The van der Waals surface area contributed by atoms with Gasteiger partial charge in [-0.1, -0.05) is 6.07 Å². The molecule has 0 radical (unpaired) electrons. The molecule has 1 aliphatic heterocycles. The molecule has 3 heterocycles. The number of aromatic nitrogens is 2. The van der Waals surface area contributed by atoms with Crippen LogP contribution in [0.25, 0.3) is 10.9 Å². The molecule has 1 aromatic carbocycles. The summed E-state index contributed by atoms with van der Waals surface area (Å²) in [6, 6.07) is 7.60. The molecule has 1 atom stereocenters. The van der Waals surface area contributed by atoms with Crippen molar-refractivity contribution in [3.05, 3.63) is 69.6 Å². The van der Waals surface area contributed by atoms with Crippen molar-refractivity contribution in [3.63, 3.8) is 0 Å². The highest BCUT2D eigenvalue weighted by molar-refractivity contribution is 5.98. The van der Waals surface area contributed by atoms with Gasteiger partial charge in [-0.25, -0.2) is 9.78 Å². The Morgan fingerprint density at radius 3 is 2.59 bits per heavy atom. The van der Waals surface area contributed by atoms with Gasteiger partial charge in [0.25, 0.3) is 5.91 Å². The number of hydrogen-bond acceptors (Lipinski definition) is 6. The first kappa shape index (κ1) is 23.2. The number of fused-ring (bicyclic) bond motifs is 1. The third kappa shape index (κ3) is 4.98. The number of carbonyl (C=O) groups excluding carboxylic acids is 2. The van der Waals surface area contributed by atoms with E-state index in [2.05, 4.69) is 20.2 Å². The molecule has 1 aliphatic rings. The SMILES string of the molecule is C[C@H](NC(=O)c1ccc(N2CCCCC2)nc1)C(=O)Cc1ccc2[nH]cc(C(=O)O)c(=O)c2c1. The van der Waals surface area contributed by atoms with Crippen LogP contribution in [0.4, 0.5) is 5.82 Å². The maximum atomic E-state index is 12.7. The van der Waals surface area contributed by atoms with E-state index in [4.69, 9.17) is 5.11 Å². The molecule has 0 spiro atoms. The number of carbonyl (C=O) groups is 3. The average molecular weight is 463 g/mol. The summed E-state index contributed by atoms with van der Waals surface area (Å²) < 4.78 is 0. The second kappa shape index (κ2) is 9.86. The van der Waals surface area contributed by atoms with Gasteiger partial charge in [-0.2, -0.15) is 0 Å². The van der Waals surface area contributed by atoms with Crippen molar-refractivity contribution in [2.75, 3.05) is 18.0 Å². The number of hydrogen-bond donors (Lipinski definition) is 3. The Balaban J connectivity index is 1.41. The number of benzene rings is 1. The Morgan fingerprint density at radius 2 is 1.91 bits per heavy atom. The molecule has 1 fully saturated rings. The molecule has 0 unspecified atom stereocenters. The summed E-state index contributed by atoms with van der Waals surface area (Å²) in [6.07, 6.45) is 6.16. The monoisotopic (exact) mass is 462 g/mol. The van der Waals surface area contributed by atoms with Crippen LogP contribution in [0.5, 0.6) is 0 Å². The number of nitrogens with one attached hydrogen (secondary N) is 2. The predicted molar refractivity (Wildman–Crippen MR) is 127 cm³/mol. The van der Waals surface area contributed by atoms with Crippen LogP contribution < -0.4 is 15.6 Å². The van der Waals surface area contributed by atoms with E-state index in [0.29, 0.717) is 16.6 Å². The number of aromatic amines is 1. The predicted octanol–water partition coefficient (Wildman–Crippen LogP) is 2.54. The summed E-state index contributed by atoms with van der Waals surface area (Å²) in [5.74, 6) is -1.10. The lowest BCUT2D eigenvalue weighted by molar-refractivity contribution is -0.119. The highest BCUT2D eigenvalue weighted by Gasteiger charge is 2.19. The number of rotatable bonds is 7. The summed E-state index contributed by atoms with van der Waals surface area (Å²) in [5, 5.41) is 12.0. The second-order valence-corrected chi connectivity index (χ2v) is 8.51. The average Bonchev–Trinajstić information content (AvgIpc) is 2.85. The zero-order valence-corrected chi connectivity index (χ0v) is 18.8. The fraction of sp³-hybridized carbons (Fsp3) is 0.320. The van der Waals surface area contributed by atoms with Crippen LogP contribution in [0, 0.1) is 0 Å². The number of amides is 1. The van der Waals surface area contributed by atoms with Gasteiger partial charge < -0.3 is 20.3 Å². The van der Waals surface area contributed by atoms with Crippen LogP contribution in [-0.4, -0.2) is 51.9 Å². The topological polar surface area (TPSA) is 132 Å². The van der Waals surface area contributed by atoms with Crippen molar-refractivity contribution in [1.82, 2.24) is 15.3 Å². The van der Waals surface area contributed by atoms with Crippen LogP contribution in [-0.2, 0) is 11.2 Å². The van der Waals surface area contributed by atoms with Crippen LogP contribution in [0.1, 0.15) is 52.5 Å². The largest absolute Gasteiger partial charge is 0.477 e. The molecule has 0 aliphatic carbocycles. The third-order valence-corrected chi connectivity index (χ3v) is 6.07. The minimum absolute atomic E-state index is 0.0136. The van der Waals surface area contributed by atoms with Crippen LogP contribution in [0.2, 0.25) is 0 Å². The number of H-pyrrole nitrogens is 1. The lowest BCUT2D eigenvalue weighted by atomic mass is 10.0. The van der Waals surface area contributed by atoms with E-state index >= 15 is 0 Å². The molecule has 3 N–H and O–H groups in total. The van der Waals surface area contributed by atoms with Gasteiger partial charge in [-0.05, 0) is 56.0 Å². The van der Waals surface area contributed by atoms with Crippen molar-refractivity contribution >= 4 is 34.4 Å².